The van der Waals surface area contributed by atoms with Gasteiger partial charge in [0.15, 0.2) is 0 Å². The number of rotatable bonds is 8. The smallest absolute Gasteiger partial charge is 0.216 e. The summed E-state index contributed by atoms with van der Waals surface area (Å²) in [5, 5.41) is 25.3. The van der Waals surface area contributed by atoms with Gasteiger partial charge in [0, 0.05) is 18.5 Å². The summed E-state index contributed by atoms with van der Waals surface area (Å²) < 4.78 is 10.7. The van der Waals surface area contributed by atoms with Gasteiger partial charge in [-0.05, 0) is 36.4 Å². The van der Waals surface area contributed by atoms with Crippen LogP contribution in [-0.4, -0.2) is 40.4 Å². The number of hydrogen-bond donors (Lipinski definition) is 2. The third-order valence-electron chi connectivity index (χ3n) is 2.64. The van der Waals surface area contributed by atoms with Crippen LogP contribution in [-0.2, 0) is 4.74 Å². The number of H-pyrrole nitrogens is 1. The van der Waals surface area contributed by atoms with E-state index >= 15 is 0 Å². The monoisotopic (exact) mass is 300 g/mol. The van der Waals surface area contributed by atoms with Crippen LogP contribution in [0.2, 0.25) is 0 Å². The summed E-state index contributed by atoms with van der Waals surface area (Å²) in [6.07, 6.45) is 1.52. The number of nitrogens with zero attached hydrogens (tertiary/aromatic N) is 4. The second-order valence-corrected chi connectivity index (χ2v) is 4.12. The Kier molecular flexibility index (Phi) is 5.90. The lowest BCUT2D eigenvalue weighted by atomic mass is 10.3. The molecule has 0 bridgehead atoms. The van der Waals surface area contributed by atoms with E-state index in [-0.39, 0.29) is 11.4 Å². The van der Waals surface area contributed by atoms with Crippen LogP contribution in [0.25, 0.3) is 5.57 Å². The molecule has 1 heterocycles. The predicted octanol–water partition coefficient (Wildman–Crippen LogP) is 1.59. The number of nitrogens with one attached hydrogen (secondary N) is 2. The fourth-order valence-corrected chi connectivity index (χ4v) is 1.59. The molecule has 2 aromatic rings. The lowest BCUT2D eigenvalue weighted by Crippen LogP contribution is -2.06. The minimum atomic E-state index is 0.242. The Bertz CT molecular complexity index is 630. The van der Waals surface area contributed by atoms with Gasteiger partial charge in [-0.25, -0.2) is 0 Å². The highest BCUT2D eigenvalue weighted by Gasteiger charge is 2.05. The number of aromatic nitrogens is 4. The first-order chi connectivity index (χ1) is 10.8. The van der Waals surface area contributed by atoms with Gasteiger partial charge in [-0.2, -0.15) is 10.5 Å². The molecular weight excluding hydrogens is 284 g/mol. The SMILES string of the molecule is CCOCCOc1ccc(NC=C(C#N)c2nn[nH]n2)cc1. The maximum atomic E-state index is 9.05. The van der Waals surface area contributed by atoms with Crippen molar-refractivity contribution in [3.05, 3.63) is 36.3 Å². The molecule has 0 radical (unpaired) electrons. The van der Waals surface area contributed by atoms with Crippen LogP contribution >= 0.6 is 0 Å². The van der Waals surface area contributed by atoms with Gasteiger partial charge in [0.1, 0.15) is 24.0 Å². The number of nitriles is 1. The summed E-state index contributed by atoms with van der Waals surface area (Å²) in [7, 11) is 0. The van der Waals surface area contributed by atoms with Crippen LogP contribution in [0.4, 0.5) is 5.69 Å². The molecule has 0 fully saturated rings. The van der Waals surface area contributed by atoms with E-state index < -0.39 is 0 Å². The lowest BCUT2D eigenvalue weighted by Gasteiger charge is -2.07. The summed E-state index contributed by atoms with van der Waals surface area (Å²) in [6.45, 7) is 3.70. The Balaban J connectivity index is 1.90. The second-order valence-electron chi connectivity index (χ2n) is 4.12. The van der Waals surface area contributed by atoms with Crippen molar-refractivity contribution in [1.29, 1.82) is 5.26 Å². The molecule has 8 nitrogen and oxygen atoms in total. The van der Waals surface area contributed by atoms with Crippen LogP contribution in [0.5, 0.6) is 5.75 Å². The Labute approximate surface area is 127 Å². The van der Waals surface area contributed by atoms with E-state index in [0.29, 0.717) is 19.8 Å². The van der Waals surface area contributed by atoms with E-state index in [1.54, 1.807) is 0 Å². The molecule has 2 N–H and O–H groups in total. The fraction of sp³-hybridized carbons (Fsp3) is 0.286. The molecule has 1 aromatic heterocycles. The molecule has 0 aliphatic carbocycles. The molecule has 0 unspecified atom stereocenters. The molecule has 0 amide bonds. The Morgan fingerprint density at radius 1 is 1.36 bits per heavy atom. The van der Waals surface area contributed by atoms with Gasteiger partial charge < -0.3 is 14.8 Å². The maximum Gasteiger partial charge on any atom is 0.216 e. The first-order valence-electron chi connectivity index (χ1n) is 6.74. The standard InChI is InChI=1S/C14H16N6O2/c1-2-21-7-8-22-13-5-3-12(4-6-13)16-10-11(9-15)14-17-19-20-18-14/h3-6,10,16H,2,7-8H2,1H3,(H,17,18,19,20). The molecule has 0 atom stereocenters. The molecule has 2 rings (SSSR count). The molecule has 0 spiro atoms. The van der Waals surface area contributed by atoms with E-state index in [9.17, 15) is 0 Å². The number of aromatic amines is 1. The zero-order valence-electron chi connectivity index (χ0n) is 12.1. The molecular formula is C14H16N6O2. The molecule has 8 heteroatoms. The molecule has 1 aromatic carbocycles. The normalized spacial score (nSPS) is 11.0. The number of ether oxygens (including phenoxy) is 2. The van der Waals surface area contributed by atoms with Gasteiger partial charge in [-0.1, -0.05) is 0 Å². The number of tetrazole rings is 1. The second kappa shape index (κ2) is 8.39. The van der Waals surface area contributed by atoms with Crippen LogP contribution in [0.15, 0.2) is 30.5 Å². The molecule has 0 aliphatic heterocycles. The van der Waals surface area contributed by atoms with E-state index in [0.717, 1.165) is 11.4 Å². The van der Waals surface area contributed by atoms with Crippen molar-refractivity contribution in [2.75, 3.05) is 25.1 Å². The molecule has 114 valence electrons. The first kappa shape index (κ1) is 15.5. The Morgan fingerprint density at radius 3 is 2.82 bits per heavy atom. The van der Waals surface area contributed by atoms with Gasteiger partial charge in [-0.15, -0.1) is 10.2 Å². The first-order valence-corrected chi connectivity index (χ1v) is 6.74. The van der Waals surface area contributed by atoms with Crippen molar-refractivity contribution in [1.82, 2.24) is 20.6 Å². The maximum absolute atomic E-state index is 9.05. The minimum Gasteiger partial charge on any atom is -0.491 e. The third kappa shape index (κ3) is 4.57. The Morgan fingerprint density at radius 2 is 2.18 bits per heavy atom. The minimum absolute atomic E-state index is 0.242. The number of hydrogen-bond acceptors (Lipinski definition) is 7. The van der Waals surface area contributed by atoms with Crippen LogP contribution in [0, 0.1) is 11.3 Å². The van der Waals surface area contributed by atoms with Crippen molar-refractivity contribution in [2.24, 2.45) is 0 Å². The van der Waals surface area contributed by atoms with E-state index in [1.165, 1.54) is 6.20 Å². The van der Waals surface area contributed by atoms with Gasteiger partial charge in [-0.3, -0.25) is 0 Å². The van der Waals surface area contributed by atoms with Gasteiger partial charge in [0.05, 0.1) is 6.61 Å². The summed E-state index contributed by atoms with van der Waals surface area (Å²) in [5.41, 5.74) is 1.10. The number of allylic oxidation sites excluding steroid dienone is 1. The molecule has 0 saturated heterocycles. The molecule has 0 saturated carbocycles. The van der Waals surface area contributed by atoms with E-state index in [2.05, 4.69) is 25.9 Å². The zero-order chi connectivity index (χ0) is 15.6. The van der Waals surface area contributed by atoms with Crippen molar-refractivity contribution in [3.8, 4) is 11.8 Å². The summed E-state index contributed by atoms with van der Waals surface area (Å²) in [4.78, 5) is 0. The lowest BCUT2D eigenvalue weighted by molar-refractivity contribution is 0.110. The van der Waals surface area contributed by atoms with Crippen molar-refractivity contribution in [3.63, 3.8) is 0 Å². The largest absolute Gasteiger partial charge is 0.491 e. The van der Waals surface area contributed by atoms with Crippen molar-refractivity contribution >= 4 is 11.3 Å². The Hall–Kier alpha value is -2.92. The van der Waals surface area contributed by atoms with Gasteiger partial charge >= 0.3 is 0 Å². The van der Waals surface area contributed by atoms with Crippen LogP contribution in [0.1, 0.15) is 12.7 Å². The summed E-state index contributed by atoms with van der Waals surface area (Å²) in [6, 6.07) is 9.36. The van der Waals surface area contributed by atoms with E-state index in [4.69, 9.17) is 14.7 Å². The van der Waals surface area contributed by atoms with Crippen LogP contribution < -0.4 is 10.1 Å². The number of benzene rings is 1. The molecule has 22 heavy (non-hydrogen) atoms. The topological polar surface area (TPSA) is 109 Å². The van der Waals surface area contributed by atoms with Gasteiger partial charge in [0.2, 0.25) is 5.82 Å². The van der Waals surface area contributed by atoms with Crippen molar-refractivity contribution in [2.45, 2.75) is 6.92 Å². The highest BCUT2D eigenvalue weighted by Crippen LogP contribution is 2.16. The molecule has 0 aliphatic rings. The highest BCUT2D eigenvalue weighted by molar-refractivity contribution is 5.74. The van der Waals surface area contributed by atoms with Crippen molar-refractivity contribution < 1.29 is 9.47 Å². The average molecular weight is 300 g/mol. The van der Waals surface area contributed by atoms with E-state index in [1.807, 2.05) is 37.3 Å². The highest BCUT2D eigenvalue weighted by atomic mass is 16.5. The van der Waals surface area contributed by atoms with Gasteiger partial charge in [0.25, 0.3) is 0 Å². The average Bonchev–Trinajstić information content (AvgIpc) is 3.08. The predicted molar refractivity (Wildman–Crippen MR) is 79.8 cm³/mol. The quantitative estimate of drug-likeness (QED) is 0.563. The zero-order valence-corrected chi connectivity index (χ0v) is 12.1. The fourth-order valence-electron chi connectivity index (χ4n) is 1.59. The number of anilines is 1. The summed E-state index contributed by atoms with van der Waals surface area (Å²) >= 11 is 0. The van der Waals surface area contributed by atoms with Crippen LogP contribution in [0.3, 0.4) is 0 Å². The summed E-state index contributed by atoms with van der Waals surface area (Å²) in [5.74, 6) is 0.999. The third-order valence-corrected chi connectivity index (χ3v) is 2.64.